The van der Waals surface area contributed by atoms with Crippen molar-refractivity contribution >= 4 is 44.5 Å². The van der Waals surface area contributed by atoms with Crippen molar-refractivity contribution in [1.82, 2.24) is 4.98 Å². The standard InChI is InChI=1S/C18H22BrN3O2S/c1-18(2,3)17-20-11-15(25-17)16(23)21-13-10-12(19)4-5-14(13)22-6-8-24-9-7-22/h4-5,10-11H,6-9H2,1-3H3,(H,21,23). The predicted molar refractivity (Wildman–Crippen MR) is 106 cm³/mol. The molecule has 5 nitrogen and oxygen atoms in total. The van der Waals surface area contributed by atoms with Gasteiger partial charge in [-0.15, -0.1) is 11.3 Å². The molecular formula is C18H22BrN3O2S. The van der Waals surface area contributed by atoms with Crippen LogP contribution in [0.3, 0.4) is 0 Å². The maximum atomic E-state index is 12.7. The Bertz CT molecular complexity index is 764. The molecule has 0 aliphatic carbocycles. The highest BCUT2D eigenvalue weighted by molar-refractivity contribution is 9.10. The van der Waals surface area contributed by atoms with Crippen molar-refractivity contribution in [1.29, 1.82) is 0 Å². The molecule has 1 N–H and O–H groups in total. The highest BCUT2D eigenvalue weighted by atomic mass is 79.9. The molecule has 1 fully saturated rings. The van der Waals surface area contributed by atoms with Crippen LogP contribution in [-0.4, -0.2) is 37.2 Å². The minimum atomic E-state index is -0.124. The van der Waals surface area contributed by atoms with Crippen LogP contribution in [0.25, 0.3) is 0 Å². The average molecular weight is 424 g/mol. The number of amides is 1. The molecule has 7 heteroatoms. The number of thiazole rings is 1. The van der Waals surface area contributed by atoms with Crippen molar-refractivity contribution < 1.29 is 9.53 Å². The van der Waals surface area contributed by atoms with E-state index in [1.807, 2.05) is 18.2 Å². The second-order valence-electron chi connectivity index (χ2n) is 6.99. The van der Waals surface area contributed by atoms with Crippen molar-refractivity contribution in [3.63, 3.8) is 0 Å². The van der Waals surface area contributed by atoms with Crippen LogP contribution in [0.5, 0.6) is 0 Å². The molecule has 0 radical (unpaired) electrons. The number of carbonyl (C=O) groups excluding carboxylic acids is 1. The second kappa shape index (κ2) is 7.43. The fraction of sp³-hybridized carbons (Fsp3) is 0.444. The van der Waals surface area contributed by atoms with E-state index < -0.39 is 0 Å². The summed E-state index contributed by atoms with van der Waals surface area (Å²) in [6.45, 7) is 9.33. The van der Waals surface area contributed by atoms with Gasteiger partial charge in [0.25, 0.3) is 5.91 Å². The molecule has 0 unspecified atom stereocenters. The highest BCUT2D eigenvalue weighted by Crippen LogP contribution is 2.32. The van der Waals surface area contributed by atoms with E-state index in [2.05, 4.69) is 51.9 Å². The third kappa shape index (κ3) is 4.40. The third-order valence-electron chi connectivity index (χ3n) is 3.93. The summed E-state index contributed by atoms with van der Waals surface area (Å²) in [4.78, 5) is 20.0. The van der Waals surface area contributed by atoms with Crippen molar-refractivity contribution in [2.75, 3.05) is 36.5 Å². The Morgan fingerprint density at radius 3 is 2.68 bits per heavy atom. The van der Waals surface area contributed by atoms with Crippen LogP contribution >= 0.6 is 27.3 Å². The molecule has 1 aromatic heterocycles. The number of hydrogen-bond donors (Lipinski definition) is 1. The minimum Gasteiger partial charge on any atom is -0.378 e. The normalized spacial score (nSPS) is 15.3. The fourth-order valence-corrected chi connectivity index (χ4v) is 3.83. The fourth-order valence-electron chi connectivity index (χ4n) is 2.60. The summed E-state index contributed by atoms with van der Waals surface area (Å²) in [6.07, 6.45) is 1.66. The average Bonchev–Trinajstić information content (AvgIpc) is 3.06. The first kappa shape index (κ1) is 18.4. The zero-order valence-corrected chi connectivity index (χ0v) is 17.0. The molecule has 1 amide bonds. The van der Waals surface area contributed by atoms with Gasteiger partial charge in [0, 0.05) is 23.0 Å². The van der Waals surface area contributed by atoms with Crippen molar-refractivity contribution in [2.45, 2.75) is 26.2 Å². The lowest BCUT2D eigenvalue weighted by Crippen LogP contribution is -2.36. The van der Waals surface area contributed by atoms with Crippen LogP contribution in [0.2, 0.25) is 0 Å². The lowest BCUT2D eigenvalue weighted by Gasteiger charge is -2.30. The third-order valence-corrected chi connectivity index (χ3v) is 5.84. The van der Waals surface area contributed by atoms with E-state index in [1.54, 1.807) is 6.20 Å². The van der Waals surface area contributed by atoms with Crippen molar-refractivity contribution in [2.24, 2.45) is 0 Å². The van der Waals surface area contributed by atoms with Crippen LogP contribution < -0.4 is 10.2 Å². The first-order valence-corrected chi connectivity index (χ1v) is 9.85. The first-order valence-electron chi connectivity index (χ1n) is 8.24. The Morgan fingerprint density at radius 2 is 2.04 bits per heavy atom. The number of nitrogens with zero attached hydrogens (tertiary/aromatic N) is 2. The number of ether oxygens (including phenoxy) is 1. The largest absolute Gasteiger partial charge is 0.378 e. The lowest BCUT2D eigenvalue weighted by molar-refractivity contribution is 0.103. The molecule has 0 bridgehead atoms. The van der Waals surface area contributed by atoms with Crippen LogP contribution in [0.4, 0.5) is 11.4 Å². The van der Waals surface area contributed by atoms with E-state index in [-0.39, 0.29) is 11.3 Å². The molecule has 2 heterocycles. The van der Waals surface area contributed by atoms with E-state index in [9.17, 15) is 4.79 Å². The molecule has 1 aliphatic heterocycles. The number of carbonyl (C=O) groups is 1. The van der Waals surface area contributed by atoms with Gasteiger partial charge in [0.15, 0.2) is 0 Å². The number of hydrogen-bond acceptors (Lipinski definition) is 5. The first-order chi connectivity index (χ1) is 11.8. The molecular weight excluding hydrogens is 402 g/mol. The van der Waals surface area contributed by atoms with Gasteiger partial charge in [0.1, 0.15) is 4.88 Å². The molecule has 0 spiro atoms. The zero-order valence-electron chi connectivity index (χ0n) is 14.6. The van der Waals surface area contributed by atoms with Crippen LogP contribution in [-0.2, 0) is 10.2 Å². The monoisotopic (exact) mass is 423 g/mol. The number of nitrogens with one attached hydrogen (secondary N) is 1. The maximum Gasteiger partial charge on any atom is 0.267 e. The minimum absolute atomic E-state index is 0.0576. The number of halogens is 1. The van der Waals surface area contributed by atoms with Gasteiger partial charge in [-0.05, 0) is 18.2 Å². The number of aromatic nitrogens is 1. The predicted octanol–water partition coefficient (Wildman–Crippen LogP) is 4.29. The van der Waals surface area contributed by atoms with Gasteiger partial charge in [-0.1, -0.05) is 36.7 Å². The lowest BCUT2D eigenvalue weighted by atomic mass is 9.98. The number of rotatable bonds is 3. The SMILES string of the molecule is CC(C)(C)c1ncc(C(=O)Nc2cc(Br)ccc2N2CCOCC2)s1. The molecule has 2 aromatic rings. The summed E-state index contributed by atoms with van der Waals surface area (Å²) in [5.41, 5.74) is 1.75. The summed E-state index contributed by atoms with van der Waals surface area (Å²) in [7, 11) is 0. The van der Waals surface area contributed by atoms with Crippen LogP contribution in [0.15, 0.2) is 28.9 Å². The topological polar surface area (TPSA) is 54.5 Å². The molecule has 1 aromatic carbocycles. The Hall–Kier alpha value is -1.44. The zero-order chi connectivity index (χ0) is 18.0. The number of benzene rings is 1. The van der Waals surface area contributed by atoms with Gasteiger partial charge in [0.2, 0.25) is 0 Å². The Morgan fingerprint density at radius 1 is 1.32 bits per heavy atom. The van der Waals surface area contributed by atoms with Gasteiger partial charge in [0.05, 0.1) is 35.8 Å². The van der Waals surface area contributed by atoms with Gasteiger partial charge in [-0.25, -0.2) is 4.98 Å². The molecule has 0 saturated carbocycles. The van der Waals surface area contributed by atoms with Crippen molar-refractivity contribution in [3.8, 4) is 0 Å². The Labute approximate surface area is 160 Å². The molecule has 3 rings (SSSR count). The van der Waals surface area contributed by atoms with E-state index >= 15 is 0 Å². The maximum absolute atomic E-state index is 12.7. The van der Waals surface area contributed by atoms with Crippen LogP contribution in [0, 0.1) is 0 Å². The van der Waals surface area contributed by atoms with E-state index in [0.717, 1.165) is 33.9 Å². The molecule has 1 aliphatic rings. The molecule has 134 valence electrons. The smallest absolute Gasteiger partial charge is 0.267 e. The molecule has 0 atom stereocenters. The van der Waals surface area contributed by atoms with Gasteiger partial charge >= 0.3 is 0 Å². The van der Waals surface area contributed by atoms with E-state index in [4.69, 9.17) is 4.74 Å². The quantitative estimate of drug-likeness (QED) is 0.799. The molecule has 1 saturated heterocycles. The number of anilines is 2. The summed E-state index contributed by atoms with van der Waals surface area (Å²) in [5, 5.41) is 4.01. The molecule has 25 heavy (non-hydrogen) atoms. The highest BCUT2D eigenvalue weighted by Gasteiger charge is 2.22. The number of morpholine rings is 1. The van der Waals surface area contributed by atoms with E-state index in [1.165, 1.54) is 11.3 Å². The Balaban J connectivity index is 1.83. The van der Waals surface area contributed by atoms with E-state index in [0.29, 0.717) is 18.1 Å². The van der Waals surface area contributed by atoms with Crippen LogP contribution in [0.1, 0.15) is 35.5 Å². The van der Waals surface area contributed by atoms with Gasteiger partial charge in [-0.2, -0.15) is 0 Å². The summed E-state index contributed by atoms with van der Waals surface area (Å²) < 4.78 is 6.36. The van der Waals surface area contributed by atoms with Gasteiger partial charge < -0.3 is 15.0 Å². The Kier molecular flexibility index (Phi) is 5.46. The van der Waals surface area contributed by atoms with Crippen molar-refractivity contribution in [3.05, 3.63) is 38.8 Å². The second-order valence-corrected chi connectivity index (χ2v) is 8.94. The summed E-state index contributed by atoms with van der Waals surface area (Å²) in [5.74, 6) is -0.124. The summed E-state index contributed by atoms with van der Waals surface area (Å²) in [6, 6.07) is 5.96. The summed E-state index contributed by atoms with van der Waals surface area (Å²) >= 11 is 4.94. The van der Waals surface area contributed by atoms with Gasteiger partial charge in [-0.3, -0.25) is 4.79 Å².